The Bertz CT molecular complexity index is 2240. The fourth-order valence-electron chi connectivity index (χ4n) is 6.38. The van der Waals surface area contributed by atoms with Gasteiger partial charge in [-0.1, -0.05) is 133 Å². The van der Waals surface area contributed by atoms with Gasteiger partial charge in [-0.15, -0.1) is 0 Å². The predicted molar refractivity (Wildman–Crippen MR) is 187 cm³/mol. The first-order valence-corrected chi connectivity index (χ1v) is 14.8. The first-order chi connectivity index (χ1) is 21.3. The molecule has 8 aromatic rings. The number of para-hydroxylation sites is 2. The normalized spacial score (nSPS) is 11.6. The molecule has 0 aliphatic rings. The van der Waals surface area contributed by atoms with E-state index in [4.69, 9.17) is 0 Å². The van der Waals surface area contributed by atoms with Crippen LogP contribution in [-0.2, 0) is 0 Å². The minimum absolute atomic E-state index is 1.14. The van der Waals surface area contributed by atoms with E-state index in [-0.39, 0.29) is 0 Å². The predicted octanol–water partition coefficient (Wildman–Crippen LogP) is 11.9. The van der Waals surface area contributed by atoms with Crippen LogP contribution in [0.5, 0.6) is 0 Å². The Labute approximate surface area is 251 Å². The highest BCUT2D eigenvalue weighted by Crippen LogP contribution is 2.42. The summed E-state index contributed by atoms with van der Waals surface area (Å²) in [5.74, 6) is 0. The summed E-state index contributed by atoms with van der Waals surface area (Å²) in [4.78, 5) is 2.36. The number of fused-ring (bicyclic) bond motifs is 6. The van der Waals surface area contributed by atoms with Gasteiger partial charge in [0.25, 0.3) is 0 Å². The molecule has 0 aliphatic heterocycles. The minimum Gasteiger partial charge on any atom is -0.310 e. The van der Waals surface area contributed by atoms with Crippen molar-refractivity contribution in [3.63, 3.8) is 0 Å². The summed E-state index contributed by atoms with van der Waals surface area (Å²) < 4.78 is 0. The van der Waals surface area contributed by atoms with Crippen LogP contribution in [0.15, 0.2) is 164 Å². The molecule has 0 heterocycles. The highest BCUT2D eigenvalue weighted by atomic mass is 15.1. The molecule has 1 heteroatoms. The van der Waals surface area contributed by atoms with Gasteiger partial charge in [0.2, 0.25) is 0 Å². The Balaban J connectivity index is 1.28. The van der Waals surface area contributed by atoms with Crippen LogP contribution in [0.3, 0.4) is 0 Å². The molecular formula is C42H29N. The van der Waals surface area contributed by atoms with Gasteiger partial charge >= 0.3 is 0 Å². The van der Waals surface area contributed by atoms with Crippen molar-refractivity contribution in [3.8, 4) is 0 Å². The van der Waals surface area contributed by atoms with E-state index in [0.29, 0.717) is 0 Å². The third-order valence-electron chi connectivity index (χ3n) is 8.39. The van der Waals surface area contributed by atoms with Crippen LogP contribution in [0.4, 0.5) is 17.1 Å². The average Bonchev–Trinajstić information content (AvgIpc) is 3.08. The Hall–Kier alpha value is -5.66. The first kappa shape index (κ1) is 25.1. The molecule has 43 heavy (non-hydrogen) atoms. The van der Waals surface area contributed by atoms with Gasteiger partial charge in [0.1, 0.15) is 0 Å². The lowest BCUT2D eigenvalue weighted by atomic mass is 9.95. The molecule has 0 radical (unpaired) electrons. The highest BCUT2D eigenvalue weighted by molar-refractivity contribution is 6.15. The van der Waals surface area contributed by atoms with Crippen LogP contribution >= 0.6 is 0 Å². The number of anilines is 3. The molecule has 0 spiro atoms. The van der Waals surface area contributed by atoms with Crippen LogP contribution in [0.2, 0.25) is 0 Å². The van der Waals surface area contributed by atoms with E-state index in [9.17, 15) is 0 Å². The van der Waals surface area contributed by atoms with Crippen LogP contribution in [-0.4, -0.2) is 0 Å². The number of benzene rings is 8. The van der Waals surface area contributed by atoms with Gasteiger partial charge in [0, 0.05) is 16.8 Å². The van der Waals surface area contributed by atoms with E-state index in [1.165, 1.54) is 59.9 Å². The summed E-state index contributed by atoms with van der Waals surface area (Å²) in [6, 6.07) is 58.9. The summed E-state index contributed by atoms with van der Waals surface area (Å²) in [6.07, 6.45) is 4.51. The average molecular weight is 548 g/mol. The maximum Gasteiger partial charge on any atom is 0.0546 e. The molecule has 0 aromatic heterocycles. The van der Waals surface area contributed by atoms with Gasteiger partial charge < -0.3 is 4.90 Å². The lowest BCUT2D eigenvalue weighted by Crippen LogP contribution is -2.10. The Morgan fingerprint density at radius 3 is 1.58 bits per heavy atom. The van der Waals surface area contributed by atoms with Crippen molar-refractivity contribution in [3.05, 3.63) is 175 Å². The largest absolute Gasteiger partial charge is 0.310 e. The molecule has 0 saturated carbocycles. The Morgan fingerprint density at radius 1 is 0.349 bits per heavy atom. The lowest BCUT2D eigenvalue weighted by molar-refractivity contribution is 1.30. The molecule has 0 bridgehead atoms. The second-order valence-electron chi connectivity index (χ2n) is 11.0. The quantitative estimate of drug-likeness (QED) is 0.153. The maximum absolute atomic E-state index is 2.36. The molecule has 0 fully saturated rings. The number of hydrogen-bond acceptors (Lipinski definition) is 1. The second kappa shape index (κ2) is 10.6. The van der Waals surface area contributed by atoms with Crippen LogP contribution in [0, 0.1) is 0 Å². The van der Waals surface area contributed by atoms with Crippen LogP contribution in [0.25, 0.3) is 55.2 Å². The number of nitrogens with zero attached hydrogens (tertiary/aromatic N) is 1. The topological polar surface area (TPSA) is 3.24 Å². The van der Waals surface area contributed by atoms with Gasteiger partial charge in [0.15, 0.2) is 0 Å². The fourth-order valence-corrected chi connectivity index (χ4v) is 6.38. The molecule has 0 unspecified atom stereocenters. The van der Waals surface area contributed by atoms with Gasteiger partial charge in [0.05, 0.1) is 5.69 Å². The molecule has 202 valence electrons. The van der Waals surface area contributed by atoms with Crippen molar-refractivity contribution in [1.82, 2.24) is 0 Å². The van der Waals surface area contributed by atoms with Gasteiger partial charge in [-0.25, -0.2) is 0 Å². The van der Waals surface area contributed by atoms with E-state index in [1.807, 2.05) is 0 Å². The molecule has 8 rings (SSSR count). The zero-order valence-electron chi connectivity index (χ0n) is 23.7. The monoisotopic (exact) mass is 547 g/mol. The van der Waals surface area contributed by atoms with Crippen molar-refractivity contribution in [2.75, 3.05) is 4.90 Å². The molecule has 0 aliphatic carbocycles. The van der Waals surface area contributed by atoms with E-state index >= 15 is 0 Å². The third-order valence-corrected chi connectivity index (χ3v) is 8.39. The van der Waals surface area contributed by atoms with E-state index < -0.39 is 0 Å². The van der Waals surface area contributed by atoms with Crippen molar-refractivity contribution < 1.29 is 0 Å². The van der Waals surface area contributed by atoms with Crippen molar-refractivity contribution in [1.29, 1.82) is 0 Å². The fraction of sp³-hybridized carbons (Fsp3) is 0. The summed E-state index contributed by atoms with van der Waals surface area (Å²) in [5.41, 5.74) is 5.87. The summed E-state index contributed by atoms with van der Waals surface area (Å²) in [6.45, 7) is 0. The molecule has 8 aromatic carbocycles. The lowest BCUT2D eigenvalue weighted by Gasteiger charge is -2.27. The van der Waals surface area contributed by atoms with Gasteiger partial charge in [-0.05, 0) is 91.3 Å². The zero-order valence-corrected chi connectivity index (χ0v) is 23.7. The van der Waals surface area contributed by atoms with Crippen molar-refractivity contribution in [2.24, 2.45) is 0 Å². The van der Waals surface area contributed by atoms with Crippen molar-refractivity contribution in [2.45, 2.75) is 0 Å². The number of hydrogen-bond donors (Lipinski definition) is 0. The van der Waals surface area contributed by atoms with E-state index in [2.05, 4.69) is 181 Å². The molecule has 1 nitrogen and oxygen atoms in total. The molecule has 0 N–H and O–H groups in total. The summed E-state index contributed by atoms with van der Waals surface area (Å²) >= 11 is 0. The van der Waals surface area contributed by atoms with Gasteiger partial charge in [-0.3, -0.25) is 0 Å². The smallest absolute Gasteiger partial charge is 0.0546 e. The molecule has 0 saturated heterocycles. The first-order valence-electron chi connectivity index (χ1n) is 14.8. The Morgan fingerprint density at radius 2 is 0.884 bits per heavy atom. The molecule has 0 atom stereocenters. The Kier molecular flexibility index (Phi) is 6.20. The van der Waals surface area contributed by atoms with Gasteiger partial charge in [-0.2, -0.15) is 0 Å². The minimum atomic E-state index is 1.14. The highest BCUT2D eigenvalue weighted by Gasteiger charge is 2.17. The number of rotatable bonds is 5. The maximum atomic E-state index is 2.36. The molecular weight excluding hydrogens is 518 g/mol. The second-order valence-corrected chi connectivity index (χ2v) is 11.0. The van der Waals surface area contributed by atoms with Crippen LogP contribution in [0.1, 0.15) is 11.1 Å². The van der Waals surface area contributed by atoms with E-state index in [0.717, 1.165) is 11.4 Å². The molecule has 0 amide bonds. The van der Waals surface area contributed by atoms with Crippen molar-refractivity contribution >= 4 is 72.3 Å². The SMILES string of the molecule is C(=C\c1cc2ccccc2c2ccccc12)/c1ccc2cc(N(c3ccccc3)c3ccccc3)c3ccccc3c2c1. The summed E-state index contributed by atoms with van der Waals surface area (Å²) in [7, 11) is 0. The van der Waals surface area contributed by atoms with E-state index in [1.54, 1.807) is 0 Å². The third kappa shape index (κ3) is 4.52. The standard InChI is InChI=1S/C42H29N/c1-3-14-34(15-4-1)43(35-16-5-2-6-17-35)42-29-33-26-24-30(27-41(33)39-21-11-12-22-40(39)42)23-25-32-28-31-13-7-8-18-36(31)38-20-10-9-19-37(32)38/h1-29H/b25-23+. The summed E-state index contributed by atoms with van der Waals surface area (Å²) in [5, 5.41) is 10.1. The van der Waals surface area contributed by atoms with Crippen LogP contribution < -0.4 is 4.90 Å². The zero-order chi connectivity index (χ0) is 28.6.